The molecule has 1 atom stereocenters. The van der Waals surface area contributed by atoms with Gasteiger partial charge in [-0.15, -0.1) is 0 Å². The van der Waals surface area contributed by atoms with Crippen LogP contribution in [0.2, 0.25) is 0 Å². The van der Waals surface area contributed by atoms with Gasteiger partial charge in [-0.2, -0.15) is 5.10 Å². The van der Waals surface area contributed by atoms with Gasteiger partial charge in [0.05, 0.1) is 23.7 Å². The maximum atomic E-state index is 5.76. The number of fused-ring (bicyclic) bond motifs is 1. The van der Waals surface area contributed by atoms with Gasteiger partial charge in [-0.3, -0.25) is 0 Å². The highest BCUT2D eigenvalue weighted by atomic mass is 16.5. The van der Waals surface area contributed by atoms with Gasteiger partial charge in [0.25, 0.3) is 0 Å². The normalized spacial score (nSPS) is 21.9. The second-order valence-corrected chi connectivity index (χ2v) is 6.76. The van der Waals surface area contributed by atoms with Crippen molar-refractivity contribution in [2.75, 3.05) is 11.9 Å². The second kappa shape index (κ2) is 5.30. The summed E-state index contributed by atoms with van der Waals surface area (Å²) >= 11 is 0. The van der Waals surface area contributed by atoms with Gasteiger partial charge in [0.15, 0.2) is 5.65 Å². The summed E-state index contributed by atoms with van der Waals surface area (Å²) in [6.07, 6.45) is 5.84. The molecule has 3 heterocycles. The maximum Gasteiger partial charge on any atom is 0.158 e. The van der Waals surface area contributed by atoms with E-state index in [0.717, 1.165) is 36.2 Å². The Labute approximate surface area is 125 Å². The molecule has 0 saturated carbocycles. The van der Waals surface area contributed by atoms with Crippen LogP contribution in [0.3, 0.4) is 0 Å². The van der Waals surface area contributed by atoms with Crippen LogP contribution >= 0.6 is 0 Å². The molecular formula is C16H24N4O. The average Bonchev–Trinajstić information content (AvgIpc) is 2.80. The minimum atomic E-state index is -0.0457. The number of pyridine rings is 1. The molecule has 0 aromatic carbocycles. The van der Waals surface area contributed by atoms with Gasteiger partial charge in [-0.1, -0.05) is 0 Å². The van der Waals surface area contributed by atoms with Crippen molar-refractivity contribution in [3.05, 3.63) is 18.5 Å². The summed E-state index contributed by atoms with van der Waals surface area (Å²) < 4.78 is 7.72. The molecule has 1 fully saturated rings. The molecule has 0 bridgehead atoms. The molecule has 0 amide bonds. The maximum absolute atomic E-state index is 5.76. The Morgan fingerprint density at radius 3 is 2.90 bits per heavy atom. The minimum absolute atomic E-state index is 0.0457. The lowest BCUT2D eigenvalue weighted by atomic mass is 9.94. The third-order valence-electron chi connectivity index (χ3n) is 3.99. The molecule has 1 aliphatic rings. The molecular weight excluding hydrogens is 264 g/mol. The van der Waals surface area contributed by atoms with Crippen LogP contribution in [0.4, 0.5) is 5.69 Å². The number of hydrogen-bond acceptors (Lipinski definition) is 4. The number of aromatic nitrogens is 3. The molecule has 5 nitrogen and oxygen atoms in total. The largest absolute Gasteiger partial charge is 0.381 e. The summed E-state index contributed by atoms with van der Waals surface area (Å²) in [5.41, 5.74) is 1.96. The Bertz CT molecular complexity index is 632. The van der Waals surface area contributed by atoms with Crippen molar-refractivity contribution in [2.24, 2.45) is 0 Å². The summed E-state index contributed by atoms with van der Waals surface area (Å²) in [5, 5.41) is 9.08. The zero-order valence-corrected chi connectivity index (χ0v) is 13.3. The summed E-state index contributed by atoms with van der Waals surface area (Å²) in [6.45, 7) is 9.34. The first-order valence-electron chi connectivity index (χ1n) is 7.68. The average molecular weight is 288 g/mol. The summed E-state index contributed by atoms with van der Waals surface area (Å²) in [4.78, 5) is 4.57. The van der Waals surface area contributed by atoms with E-state index in [1.807, 2.05) is 17.1 Å². The highest BCUT2D eigenvalue weighted by Crippen LogP contribution is 2.27. The van der Waals surface area contributed by atoms with Crippen molar-refractivity contribution in [3.8, 4) is 0 Å². The van der Waals surface area contributed by atoms with Gasteiger partial charge in [-0.25, -0.2) is 9.67 Å². The van der Waals surface area contributed by atoms with Gasteiger partial charge in [-0.05, 0) is 46.6 Å². The minimum Gasteiger partial charge on any atom is -0.381 e. The van der Waals surface area contributed by atoms with Crippen LogP contribution in [0.15, 0.2) is 18.5 Å². The van der Waals surface area contributed by atoms with Crippen LogP contribution < -0.4 is 5.32 Å². The number of ether oxygens (including phenoxy) is 1. The predicted octanol–water partition coefficient (Wildman–Crippen LogP) is 3.38. The smallest absolute Gasteiger partial charge is 0.158 e. The summed E-state index contributed by atoms with van der Waals surface area (Å²) in [5.74, 6) is 0. The SMILES string of the molecule is CC(C)n1ncc2cc(NC3CCOC(C)(C)C3)cnc21. The zero-order valence-electron chi connectivity index (χ0n) is 13.3. The molecule has 0 spiro atoms. The van der Waals surface area contributed by atoms with Crippen molar-refractivity contribution in [3.63, 3.8) is 0 Å². The van der Waals surface area contributed by atoms with Crippen molar-refractivity contribution < 1.29 is 4.74 Å². The molecule has 5 heteroatoms. The van der Waals surface area contributed by atoms with Crippen LogP contribution in [-0.4, -0.2) is 33.0 Å². The van der Waals surface area contributed by atoms with Gasteiger partial charge < -0.3 is 10.1 Å². The van der Waals surface area contributed by atoms with Crippen molar-refractivity contribution in [1.29, 1.82) is 0 Å². The highest BCUT2D eigenvalue weighted by molar-refractivity contribution is 5.78. The molecule has 1 saturated heterocycles. The van der Waals surface area contributed by atoms with Crippen LogP contribution in [0, 0.1) is 0 Å². The van der Waals surface area contributed by atoms with E-state index in [1.54, 1.807) is 0 Å². The van der Waals surface area contributed by atoms with Crippen molar-refractivity contribution in [1.82, 2.24) is 14.8 Å². The van der Waals surface area contributed by atoms with Crippen LogP contribution in [0.1, 0.15) is 46.6 Å². The first kappa shape index (κ1) is 14.3. The monoisotopic (exact) mass is 288 g/mol. The molecule has 0 radical (unpaired) electrons. The first-order chi connectivity index (χ1) is 9.94. The molecule has 21 heavy (non-hydrogen) atoms. The Hall–Kier alpha value is -1.62. The van der Waals surface area contributed by atoms with Gasteiger partial charge in [0.1, 0.15) is 0 Å². The zero-order chi connectivity index (χ0) is 15.0. The first-order valence-corrected chi connectivity index (χ1v) is 7.68. The standard InChI is InChI=1S/C16H24N4O/c1-11(2)20-15-12(9-18-20)7-14(10-17-15)19-13-5-6-21-16(3,4)8-13/h7,9-11,13,19H,5-6,8H2,1-4H3. The number of nitrogens with one attached hydrogen (secondary N) is 1. The lowest BCUT2D eigenvalue weighted by Crippen LogP contribution is -2.40. The van der Waals surface area contributed by atoms with Crippen LogP contribution in [0.5, 0.6) is 0 Å². The van der Waals surface area contributed by atoms with Crippen molar-refractivity contribution in [2.45, 2.75) is 58.2 Å². The van der Waals surface area contributed by atoms with E-state index in [2.05, 4.69) is 49.2 Å². The fraction of sp³-hybridized carbons (Fsp3) is 0.625. The Balaban J connectivity index is 1.79. The number of nitrogens with zero attached hydrogens (tertiary/aromatic N) is 3. The Morgan fingerprint density at radius 2 is 2.19 bits per heavy atom. The molecule has 2 aromatic rings. The molecule has 2 aromatic heterocycles. The third-order valence-corrected chi connectivity index (χ3v) is 3.99. The summed E-state index contributed by atoms with van der Waals surface area (Å²) in [7, 11) is 0. The number of rotatable bonds is 3. The van der Waals surface area contributed by atoms with Gasteiger partial charge in [0, 0.05) is 24.1 Å². The lowest BCUT2D eigenvalue weighted by molar-refractivity contribution is -0.0553. The molecule has 1 aliphatic heterocycles. The van der Waals surface area contributed by atoms with E-state index < -0.39 is 0 Å². The van der Waals surface area contributed by atoms with E-state index in [1.165, 1.54) is 0 Å². The van der Waals surface area contributed by atoms with E-state index >= 15 is 0 Å². The topological polar surface area (TPSA) is 52.0 Å². The highest BCUT2D eigenvalue weighted by Gasteiger charge is 2.28. The van der Waals surface area contributed by atoms with Crippen LogP contribution in [0.25, 0.3) is 11.0 Å². The van der Waals surface area contributed by atoms with Crippen molar-refractivity contribution >= 4 is 16.7 Å². The van der Waals surface area contributed by atoms with E-state index in [9.17, 15) is 0 Å². The summed E-state index contributed by atoms with van der Waals surface area (Å²) in [6, 6.07) is 2.90. The second-order valence-electron chi connectivity index (χ2n) is 6.76. The van der Waals surface area contributed by atoms with E-state index in [4.69, 9.17) is 4.74 Å². The lowest BCUT2D eigenvalue weighted by Gasteiger charge is -2.36. The number of anilines is 1. The Kier molecular flexibility index (Phi) is 3.61. The van der Waals surface area contributed by atoms with Crippen LogP contribution in [-0.2, 0) is 4.74 Å². The fourth-order valence-corrected chi connectivity index (χ4v) is 2.99. The number of hydrogen-bond donors (Lipinski definition) is 1. The molecule has 3 rings (SSSR count). The predicted molar refractivity (Wildman–Crippen MR) is 84.6 cm³/mol. The molecule has 1 unspecified atom stereocenters. The van der Waals surface area contributed by atoms with E-state index in [-0.39, 0.29) is 5.60 Å². The van der Waals surface area contributed by atoms with Gasteiger partial charge >= 0.3 is 0 Å². The quantitative estimate of drug-likeness (QED) is 0.940. The van der Waals surface area contributed by atoms with Gasteiger partial charge in [0.2, 0.25) is 0 Å². The third kappa shape index (κ3) is 3.02. The molecule has 114 valence electrons. The fourth-order valence-electron chi connectivity index (χ4n) is 2.99. The molecule has 0 aliphatic carbocycles. The molecule has 1 N–H and O–H groups in total. The Morgan fingerprint density at radius 1 is 1.38 bits per heavy atom. The van der Waals surface area contributed by atoms with E-state index in [0.29, 0.717) is 12.1 Å².